The minimum Gasteiger partial charge on any atom is -0.463 e. The molecule has 0 bridgehead atoms. The molecule has 1 unspecified atom stereocenters. The summed E-state index contributed by atoms with van der Waals surface area (Å²) in [5.74, 6) is -0.388. The zero-order valence-corrected chi connectivity index (χ0v) is 18.4. The van der Waals surface area contributed by atoms with E-state index in [1.165, 1.54) is 11.3 Å². The van der Waals surface area contributed by atoms with Gasteiger partial charge in [0.25, 0.3) is 5.56 Å². The zero-order chi connectivity index (χ0) is 21.1. The van der Waals surface area contributed by atoms with E-state index >= 15 is 0 Å². The normalized spacial score (nSPS) is 16.4. The third kappa shape index (κ3) is 4.19. The molecule has 0 saturated carbocycles. The minimum atomic E-state index is -0.388. The van der Waals surface area contributed by atoms with Crippen molar-refractivity contribution in [2.45, 2.75) is 39.7 Å². The molecule has 0 spiro atoms. The van der Waals surface area contributed by atoms with Crippen molar-refractivity contribution >= 4 is 34.8 Å². The number of carbonyl (C=O) groups excluding carboxylic acids is 1. The van der Waals surface area contributed by atoms with Gasteiger partial charge in [0.1, 0.15) is 0 Å². The van der Waals surface area contributed by atoms with E-state index < -0.39 is 0 Å². The van der Waals surface area contributed by atoms with E-state index in [4.69, 9.17) is 9.73 Å². The van der Waals surface area contributed by atoms with E-state index in [-0.39, 0.29) is 17.6 Å². The van der Waals surface area contributed by atoms with Gasteiger partial charge in [-0.05, 0) is 44.0 Å². The predicted octanol–water partition coefficient (Wildman–Crippen LogP) is 2.40. The van der Waals surface area contributed by atoms with Gasteiger partial charge in [-0.3, -0.25) is 9.36 Å². The average molecular weight is 414 g/mol. The number of allylic oxidation sites excluding steroid dienone is 1. The summed E-state index contributed by atoms with van der Waals surface area (Å²) in [4.78, 5) is 33.0. The molecule has 154 valence electrons. The maximum absolute atomic E-state index is 13.1. The van der Waals surface area contributed by atoms with E-state index in [1.807, 2.05) is 49.3 Å². The SMILES string of the molecule is CCCC1N=c2sc(=Cc3ccc(N(C)C)cc3)c(=O)n2C(C)=C1C(=O)OCC. The summed E-state index contributed by atoms with van der Waals surface area (Å²) in [5.41, 5.74) is 3.00. The number of thiazole rings is 1. The summed E-state index contributed by atoms with van der Waals surface area (Å²) >= 11 is 1.36. The number of aromatic nitrogens is 1. The first kappa shape index (κ1) is 21.0. The Balaban J connectivity index is 2.13. The first-order valence-electron chi connectivity index (χ1n) is 9.84. The number of carbonyl (C=O) groups is 1. The quantitative estimate of drug-likeness (QED) is 0.682. The second-order valence-electron chi connectivity index (χ2n) is 7.17. The summed E-state index contributed by atoms with van der Waals surface area (Å²) in [6.07, 6.45) is 3.50. The molecule has 1 aliphatic heterocycles. The van der Waals surface area contributed by atoms with E-state index in [1.54, 1.807) is 18.4 Å². The van der Waals surface area contributed by atoms with Crippen molar-refractivity contribution in [1.82, 2.24) is 4.57 Å². The largest absolute Gasteiger partial charge is 0.463 e. The lowest BCUT2D eigenvalue weighted by molar-refractivity contribution is -0.138. The van der Waals surface area contributed by atoms with Crippen LogP contribution in [0.4, 0.5) is 5.69 Å². The van der Waals surface area contributed by atoms with Crippen molar-refractivity contribution in [3.05, 3.63) is 55.1 Å². The number of esters is 1. The van der Waals surface area contributed by atoms with Crippen LogP contribution in [0.3, 0.4) is 0 Å². The number of hydrogen-bond acceptors (Lipinski definition) is 6. The second-order valence-corrected chi connectivity index (χ2v) is 8.18. The predicted molar refractivity (Wildman–Crippen MR) is 118 cm³/mol. The summed E-state index contributed by atoms with van der Waals surface area (Å²) in [6, 6.07) is 7.74. The van der Waals surface area contributed by atoms with Crippen LogP contribution in [0.2, 0.25) is 0 Å². The summed E-state index contributed by atoms with van der Waals surface area (Å²) in [5, 5.41) is 0. The number of nitrogens with zero attached hydrogens (tertiary/aromatic N) is 3. The molecule has 2 aromatic rings. The zero-order valence-electron chi connectivity index (χ0n) is 17.6. The lowest BCUT2D eigenvalue weighted by atomic mass is 10.00. The molecule has 29 heavy (non-hydrogen) atoms. The number of rotatable bonds is 6. The maximum Gasteiger partial charge on any atom is 0.337 e. The molecule has 0 saturated heterocycles. The highest BCUT2D eigenvalue weighted by Crippen LogP contribution is 2.23. The Bertz CT molecular complexity index is 1110. The molecule has 0 fully saturated rings. The molecule has 3 rings (SSSR count). The standard InChI is InChI=1S/C22H27N3O3S/c1-6-8-17-19(21(27)28-7-2)14(3)25-20(26)18(29-22(25)23-17)13-15-9-11-16(12-10-15)24(4)5/h9-13,17H,6-8H2,1-5H3. The van der Waals surface area contributed by atoms with Crippen molar-refractivity contribution in [2.75, 3.05) is 25.6 Å². The summed E-state index contributed by atoms with van der Waals surface area (Å²) in [6.45, 7) is 5.93. The lowest BCUT2D eigenvalue weighted by Gasteiger charge is -2.21. The highest BCUT2D eigenvalue weighted by molar-refractivity contribution is 7.07. The fourth-order valence-corrected chi connectivity index (χ4v) is 4.47. The Kier molecular flexibility index (Phi) is 6.37. The summed E-state index contributed by atoms with van der Waals surface area (Å²) < 4.78 is 7.38. The van der Waals surface area contributed by atoms with Gasteiger partial charge < -0.3 is 9.64 Å². The van der Waals surface area contributed by atoms with Crippen molar-refractivity contribution in [3.63, 3.8) is 0 Å². The molecule has 0 amide bonds. The number of ether oxygens (including phenoxy) is 1. The molecule has 1 aromatic heterocycles. The van der Waals surface area contributed by atoms with Gasteiger partial charge in [-0.1, -0.05) is 36.8 Å². The van der Waals surface area contributed by atoms with Crippen molar-refractivity contribution in [1.29, 1.82) is 0 Å². The molecule has 0 aliphatic carbocycles. The monoisotopic (exact) mass is 413 g/mol. The minimum absolute atomic E-state index is 0.153. The molecule has 7 heteroatoms. The fraction of sp³-hybridized carbons (Fsp3) is 0.409. The van der Waals surface area contributed by atoms with Gasteiger partial charge in [0, 0.05) is 25.5 Å². The van der Waals surface area contributed by atoms with Crippen molar-refractivity contribution < 1.29 is 9.53 Å². The van der Waals surface area contributed by atoms with E-state index in [0.717, 1.165) is 24.1 Å². The van der Waals surface area contributed by atoms with E-state index in [0.29, 0.717) is 27.2 Å². The topological polar surface area (TPSA) is 63.9 Å². The van der Waals surface area contributed by atoms with Crippen LogP contribution < -0.4 is 19.8 Å². The van der Waals surface area contributed by atoms with Gasteiger partial charge in [-0.25, -0.2) is 9.79 Å². The third-order valence-electron chi connectivity index (χ3n) is 4.90. The molecule has 1 aromatic carbocycles. The van der Waals surface area contributed by atoms with Crippen LogP contribution in [0.15, 0.2) is 39.6 Å². The van der Waals surface area contributed by atoms with Crippen LogP contribution in [-0.2, 0) is 9.53 Å². The van der Waals surface area contributed by atoms with E-state index in [2.05, 4.69) is 6.92 Å². The van der Waals surface area contributed by atoms with Gasteiger partial charge in [0.05, 0.1) is 22.8 Å². The molecular formula is C22H27N3O3S. The van der Waals surface area contributed by atoms with Crippen LogP contribution in [0.5, 0.6) is 0 Å². The Morgan fingerprint density at radius 3 is 2.55 bits per heavy atom. The van der Waals surface area contributed by atoms with E-state index in [9.17, 15) is 9.59 Å². The number of anilines is 1. The first-order chi connectivity index (χ1) is 13.9. The molecule has 0 N–H and O–H groups in total. The molecule has 1 aliphatic rings. The fourth-order valence-electron chi connectivity index (χ4n) is 3.41. The third-order valence-corrected chi connectivity index (χ3v) is 5.88. The van der Waals surface area contributed by atoms with Gasteiger partial charge in [-0.2, -0.15) is 0 Å². The number of benzene rings is 1. The highest BCUT2D eigenvalue weighted by atomic mass is 32.1. The first-order valence-corrected chi connectivity index (χ1v) is 10.7. The number of hydrogen-bond donors (Lipinski definition) is 0. The second kappa shape index (κ2) is 8.78. The molecule has 2 heterocycles. The Hall–Kier alpha value is -2.67. The maximum atomic E-state index is 13.1. The van der Waals surface area contributed by atoms with Crippen LogP contribution in [0.25, 0.3) is 11.8 Å². The Labute approximate surface area is 174 Å². The van der Waals surface area contributed by atoms with Crippen LogP contribution in [0, 0.1) is 0 Å². The Morgan fingerprint density at radius 1 is 1.28 bits per heavy atom. The molecule has 6 nitrogen and oxygen atoms in total. The lowest BCUT2D eigenvalue weighted by Crippen LogP contribution is -2.37. The van der Waals surface area contributed by atoms with Crippen LogP contribution >= 0.6 is 11.3 Å². The van der Waals surface area contributed by atoms with Gasteiger partial charge in [0.2, 0.25) is 0 Å². The number of fused-ring (bicyclic) bond motifs is 1. The smallest absolute Gasteiger partial charge is 0.337 e. The van der Waals surface area contributed by atoms with Gasteiger partial charge >= 0.3 is 5.97 Å². The van der Waals surface area contributed by atoms with Crippen molar-refractivity contribution in [2.24, 2.45) is 4.99 Å². The molecular weight excluding hydrogens is 386 g/mol. The van der Waals surface area contributed by atoms with Crippen LogP contribution in [0.1, 0.15) is 39.2 Å². The highest BCUT2D eigenvalue weighted by Gasteiger charge is 2.29. The van der Waals surface area contributed by atoms with Gasteiger partial charge in [0.15, 0.2) is 4.80 Å². The molecule has 0 radical (unpaired) electrons. The summed E-state index contributed by atoms with van der Waals surface area (Å²) in [7, 11) is 3.98. The van der Waals surface area contributed by atoms with Crippen LogP contribution in [-0.4, -0.2) is 37.3 Å². The Morgan fingerprint density at radius 2 is 1.97 bits per heavy atom. The van der Waals surface area contributed by atoms with Crippen molar-refractivity contribution in [3.8, 4) is 0 Å². The molecule has 1 atom stereocenters. The average Bonchev–Trinajstić information content (AvgIpc) is 2.98. The van der Waals surface area contributed by atoms with Gasteiger partial charge in [-0.15, -0.1) is 0 Å².